The van der Waals surface area contributed by atoms with Crippen LogP contribution in [0, 0.1) is 0 Å². The largest absolute Gasteiger partial charge is 0.477 e. The second kappa shape index (κ2) is 6.27. The minimum atomic E-state index is -1.13. The van der Waals surface area contributed by atoms with Crippen LogP contribution in [0.25, 0.3) is 0 Å². The van der Waals surface area contributed by atoms with E-state index in [2.05, 4.69) is 17.4 Å². The molecule has 1 amide bonds. The second-order valence-electron chi connectivity index (χ2n) is 4.74. The van der Waals surface area contributed by atoms with Gasteiger partial charge in [-0.25, -0.2) is 4.79 Å². The molecule has 3 atom stereocenters. The first-order valence-electron chi connectivity index (χ1n) is 6.48. The minimum Gasteiger partial charge on any atom is -0.477 e. The molecular formula is C12H18N2O4S. The third-order valence-electron chi connectivity index (χ3n) is 3.34. The van der Waals surface area contributed by atoms with Crippen molar-refractivity contribution >= 4 is 29.4 Å². The van der Waals surface area contributed by atoms with Crippen LogP contribution in [-0.2, 0) is 14.4 Å². The lowest BCUT2D eigenvalue weighted by molar-refractivity contribution is -0.132. The molecule has 2 rings (SSSR count). The summed E-state index contributed by atoms with van der Waals surface area (Å²) in [6, 6.07) is 0.175. The molecule has 0 aromatic rings. The number of carboxylic acids is 1. The highest BCUT2D eigenvalue weighted by molar-refractivity contribution is 7.99. The van der Waals surface area contributed by atoms with Gasteiger partial charge < -0.3 is 15.3 Å². The van der Waals surface area contributed by atoms with Gasteiger partial charge >= 0.3 is 5.97 Å². The van der Waals surface area contributed by atoms with Crippen LogP contribution in [0.2, 0.25) is 0 Å². The van der Waals surface area contributed by atoms with Crippen LogP contribution in [0.5, 0.6) is 0 Å². The molecule has 1 aliphatic carbocycles. The molecule has 7 heteroatoms. The summed E-state index contributed by atoms with van der Waals surface area (Å²) < 4.78 is 0. The number of aliphatic carboxylic acids is 1. The van der Waals surface area contributed by atoms with E-state index in [1.165, 1.54) is 0 Å². The van der Waals surface area contributed by atoms with Crippen LogP contribution in [-0.4, -0.2) is 45.8 Å². The molecule has 1 fully saturated rings. The molecule has 6 nitrogen and oxygen atoms in total. The predicted octanol–water partition coefficient (Wildman–Crippen LogP) is 1.01. The highest BCUT2D eigenvalue weighted by Gasteiger charge is 2.34. The van der Waals surface area contributed by atoms with Gasteiger partial charge in [-0.2, -0.15) is 11.8 Å². The Morgan fingerprint density at radius 3 is 2.95 bits per heavy atom. The van der Waals surface area contributed by atoms with Crippen molar-refractivity contribution in [3.63, 3.8) is 0 Å². The smallest absolute Gasteiger partial charge is 0.353 e. The number of amides is 1. The van der Waals surface area contributed by atoms with Gasteiger partial charge in [-0.3, -0.25) is 4.79 Å². The highest BCUT2D eigenvalue weighted by Crippen LogP contribution is 2.29. The average Bonchev–Trinajstić information content (AvgIpc) is 2.98. The Kier molecular flexibility index (Phi) is 4.68. The van der Waals surface area contributed by atoms with Crippen molar-refractivity contribution in [1.82, 2.24) is 5.32 Å². The molecule has 3 unspecified atom stereocenters. The summed E-state index contributed by atoms with van der Waals surface area (Å²) in [6.07, 6.45) is 2.32. The van der Waals surface area contributed by atoms with Crippen molar-refractivity contribution < 1.29 is 19.5 Å². The number of rotatable bonds is 5. The Bertz CT molecular complexity index is 399. The van der Waals surface area contributed by atoms with E-state index < -0.39 is 12.1 Å². The molecule has 0 bridgehead atoms. The lowest BCUT2D eigenvalue weighted by Crippen LogP contribution is -2.40. The fraction of sp³-hybridized carbons (Fsp3) is 0.750. The van der Waals surface area contributed by atoms with Crippen molar-refractivity contribution in [3.05, 3.63) is 0 Å². The summed E-state index contributed by atoms with van der Waals surface area (Å²) in [5.74, 6) is -0.296. The first kappa shape index (κ1) is 14.2. The van der Waals surface area contributed by atoms with Gasteiger partial charge in [0.05, 0.1) is 0 Å². The standard InChI is InChI=1S/C12H18N2O4S/c1-2-19-8-4-3-7(5-8)13-11(15)10-6-9(12(16)17)14-18-10/h7-8,10H,2-6H2,1H3,(H,13,15)(H,16,17). The van der Waals surface area contributed by atoms with Gasteiger partial charge in [-0.1, -0.05) is 12.1 Å². The summed E-state index contributed by atoms with van der Waals surface area (Å²) in [5, 5.41) is 15.7. The van der Waals surface area contributed by atoms with Gasteiger partial charge in [-0.15, -0.1) is 0 Å². The minimum absolute atomic E-state index is 0.0427. The fourth-order valence-corrected chi connectivity index (χ4v) is 3.54. The van der Waals surface area contributed by atoms with Crippen LogP contribution in [0.15, 0.2) is 5.16 Å². The fourth-order valence-electron chi connectivity index (χ4n) is 2.40. The molecule has 0 aromatic carbocycles. The van der Waals surface area contributed by atoms with Gasteiger partial charge in [0.15, 0.2) is 5.71 Å². The zero-order chi connectivity index (χ0) is 13.8. The zero-order valence-corrected chi connectivity index (χ0v) is 11.6. The Morgan fingerprint density at radius 1 is 1.53 bits per heavy atom. The Labute approximate surface area is 115 Å². The first-order chi connectivity index (χ1) is 9.10. The quantitative estimate of drug-likeness (QED) is 0.787. The molecule has 2 aliphatic rings. The summed E-state index contributed by atoms with van der Waals surface area (Å²) in [5.41, 5.74) is -0.0917. The van der Waals surface area contributed by atoms with Crippen molar-refractivity contribution in [1.29, 1.82) is 0 Å². The number of hydrogen-bond donors (Lipinski definition) is 2. The molecule has 0 radical (unpaired) electrons. The van der Waals surface area contributed by atoms with E-state index in [-0.39, 0.29) is 24.1 Å². The molecule has 1 saturated carbocycles. The maximum atomic E-state index is 11.9. The number of carbonyl (C=O) groups is 2. The summed E-state index contributed by atoms with van der Waals surface area (Å²) in [7, 11) is 0. The van der Waals surface area contributed by atoms with Crippen LogP contribution in [0.1, 0.15) is 32.6 Å². The topological polar surface area (TPSA) is 88.0 Å². The van der Waals surface area contributed by atoms with E-state index in [1.54, 1.807) is 0 Å². The van der Waals surface area contributed by atoms with E-state index >= 15 is 0 Å². The SMILES string of the molecule is CCSC1CCC(NC(=O)C2CC(C(=O)O)=NO2)C1. The van der Waals surface area contributed by atoms with Gasteiger partial charge in [0.25, 0.3) is 5.91 Å². The molecule has 0 spiro atoms. The number of oxime groups is 1. The van der Waals surface area contributed by atoms with Crippen LogP contribution in [0.3, 0.4) is 0 Å². The lowest BCUT2D eigenvalue weighted by Gasteiger charge is -2.15. The summed E-state index contributed by atoms with van der Waals surface area (Å²) in [4.78, 5) is 27.5. The van der Waals surface area contributed by atoms with Crippen molar-refractivity contribution in [2.75, 3.05) is 5.75 Å². The van der Waals surface area contributed by atoms with Gasteiger partial charge in [0.1, 0.15) is 0 Å². The van der Waals surface area contributed by atoms with Gasteiger partial charge in [-0.05, 0) is 25.0 Å². The monoisotopic (exact) mass is 286 g/mol. The van der Waals surface area contributed by atoms with E-state index in [1.807, 2.05) is 11.8 Å². The molecule has 19 heavy (non-hydrogen) atoms. The Balaban J connectivity index is 1.76. The molecule has 0 aromatic heterocycles. The van der Waals surface area contributed by atoms with Gasteiger partial charge in [0.2, 0.25) is 6.10 Å². The van der Waals surface area contributed by atoms with Crippen LogP contribution in [0.4, 0.5) is 0 Å². The van der Waals surface area contributed by atoms with E-state index in [4.69, 9.17) is 9.94 Å². The van der Waals surface area contributed by atoms with E-state index in [9.17, 15) is 9.59 Å². The molecule has 0 saturated heterocycles. The number of hydrogen-bond acceptors (Lipinski definition) is 5. The summed E-state index contributed by atoms with van der Waals surface area (Å²) >= 11 is 1.92. The molecule has 106 valence electrons. The number of thioether (sulfide) groups is 1. The van der Waals surface area contributed by atoms with Crippen molar-refractivity contribution in [2.45, 2.75) is 50.0 Å². The van der Waals surface area contributed by atoms with Crippen molar-refractivity contribution in [3.8, 4) is 0 Å². The maximum absolute atomic E-state index is 11.9. The molecular weight excluding hydrogens is 268 g/mol. The van der Waals surface area contributed by atoms with Crippen molar-refractivity contribution in [2.24, 2.45) is 5.16 Å². The molecule has 1 aliphatic heterocycles. The van der Waals surface area contributed by atoms with E-state index in [0.29, 0.717) is 5.25 Å². The number of nitrogens with zero attached hydrogens (tertiary/aromatic N) is 1. The molecule has 1 heterocycles. The Morgan fingerprint density at radius 2 is 2.32 bits per heavy atom. The Hall–Kier alpha value is -1.24. The lowest BCUT2D eigenvalue weighted by atomic mass is 10.1. The highest BCUT2D eigenvalue weighted by atomic mass is 32.2. The number of nitrogens with one attached hydrogen (secondary N) is 1. The normalized spacial score (nSPS) is 29.7. The van der Waals surface area contributed by atoms with Crippen LogP contribution < -0.4 is 5.32 Å². The van der Waals surface area contributed by atoms with Crippen LogP contribution >= 0.6 is 11.8 Å². The van der Waals surface area contributed by atoms with E-state index in [0.717, 1.165) is 25.0 Å². The number of carbonyl (C=O) groups excluding carboxylic acids is 1. The first-order valence-corrected chi connectivity index (χ1v) is 7.53. The number of carboxylic acid groups (broad SMARTS) is 1. The predicted molar refractivity (Wildman–Crippen MR) is 72.3 cm³/mol. The third kappa shape index (κ3) is 3.62. The maximum Gasteiger partial charge on any atom is 0.353 e. The van der Waals surface area contributed by atoms with Gasteiger partial charge in [0, 0.05) is 17.7 Å². The summed E-state index contributed by atoms with van der Waals surface area (Å²) in [6.45, 7) is 2.13. The third-order valence-corrected chi connectivity index (χ3v) is 4.57. The zero-order valence-electron chi connectivity index (χ0n) is 10.8. The molecule has 2 N–H and O–H groups in total. The average molecular weight is 286 g/mol. The second-order valence-corrected chi connectivity index (χ2v) is 6.31.